The number of halogens is 1. The van der Waals surface area contributed by atoms with Crippen LogP contribution >= 0.6 is 0 Å². The molecule has 2 aromatic rings. The predicted octanol–water partition coefficient (Wildman–Crippen LogP) is 5.89. The summed E-state index contributed by atoms with van der Waals surface area (Å²) in [5.74, 6) is 0.0537. The first-order valence-electron chi connectivity index (χ1n) is 8.29. The van der Waals surface area contributed by atoms with Crippen molar-refractivity contribution in [2.75, 3.05) is 6.61 Å². The van der Waals surface area contributed by atoms with E-state index in [0.29, 0.717) is 0 Å². The molecule has 0 aliphatic rings. The van der Waals surface area contributed by atoms with Crippen molar-refractivity contribution in [1.82, 2.24) is 4.98 Å². The average Bonchev–Trinajstić information content (AvgIpc) is 2.44. The topological polar surface area (TPSA) is 22.1 Å². The van der Waals surface area contributed by atoms with Crippen LogP contribution in [0.1, 0.15) is 45.6 Å². The monoisotopic (exact) mass is 333 g/mol. The van der Waals surface area contributed by atoms with Crippen molar-refractivity contribution < 1.29 is 8.82 Å². The van der Waals surface area contributed by atoms with Crippen molar-refractivity contribution in [2.45, 2.75) is 58.2 Å². The minimum atomic E-state index is -1.72. The summed E-state index contributed by atoms with van der Waals surface area (Å²) in [7, 11) is -1.72. The lowest BCUT2D eigenvalue weighted by Gasteiger charge is -2.36. The predicted molar refractivity (Wildman–Crippen MR) is 97.9 cm³/mol. The summed E-state index contributed by atoms with van der Waals surface area (Å²) in [5, 5.41) is 2.16. The van der Waals surface area contributed by atoms with Crippen LogP contribution in [0.4, 0.5) is 4.39 Å². The van der Waals surface area contributed by atoms with E-state index in [0.717, 1.165) is 29.4 Å². The smallest absolute Gasteiger partial charge is 0.191 e. The Morgan fingerprint density at radius 3 is 2.61 bits per heavy atom. The second kappa shape index (κ2) is 6.69. The van der Waals surface area contributed by atoms with Gasteiger partial charge in [0, 0.05) is 24.4 Å². The van der Waals surface area contributed by atoms with Crippen LogP contribution < -0.4 is 0 Å². The van der Waals surface area contributed by atoms with Gasteiger partial charge in [-0.2, -0.15) is 0 Å². The lowest BCUT2D eigenvalue weighted by molar-refractivity contribution is 0.274. The molecule has 4 heteroatoms. The van der Waals surface area contributed by atoms with Crippen molar-refractivity contribution in [2.24, 2.45) is 0 Å². The fourth-order valence-electron chi connectivity index (χ4n) is 2.46. The van der Waals surface area contributed by atoms with Crippen LogP contribution in [0.2, 0.25) is 18.1 Å². The summed E-state index contributed by atoms with van der Waals surface area (Å²) < 4.78 is 20.1. The minimum absolute atomic E-state index is 0.184. The Morgan fingerprint density at radius 1 is 1.26 bits per heavy atom. The standard InChI is InChI=1S/C19H28FNOSi/c1-14(8-10-22-23(5,6)19(2,3)4)17-12-16(20)11-15-7-9-21-13-18(15)17/h7,9,11-14H,8,10H2,1-6H3. The third-order valence-corrected chi connectivity index (χ3v) is 9.64. The second-order valence-corrected chi connectivity index (χ2v) is 12.7. The summed E-state index contributed by atoms with van der Waals surface area (Å²) in [6.45, 7) is 14.1. The highest BCUT2D eigenvalue weighted by atomic mass is 28.4. The fourth-order valence-corrected chi connectivity index (χ4v) is 3.52. The van der Waals surface area contributed by atoms with Crippen LogP contribution in [-0.4, -0.2) is 19.9 Å². The zero-order chi connectivity index (χ0) is 17.3. The maximum absolute atomic E-state index is 13.9. The lowest BCUT2D eigenvalue weighted by Crippen LogP contribution is -2.41. The number of benzene rings is 1. The fraction of sp³-hybridized carbons (Fsp3) is 0.526. The van der Waals surface area contributed by atoms with Crippen LogP contribution in [0, 0.1) is 5.82 Å². The van der Waals surface area contributed by atoms with Gasteiger partial charge in [0.05, 0.1) is 0 Å². The van der Waals surface area contributed by atoms with E-state index in [1.54, 1.807) is 18.3 Å². The molecule has 23 heavy (non-hydrogen) atoms. The number of pyridine rings is 1. The van der Waals surface area contributed by atoms with E-state index in [1.165, 1.54) is 0 Å². The normalized spacial score (nSPS) is 14.2. The van der Waals surface area contributed by atoms with E-state index in [-0.39, 0.29) is 16.8 Å². The molecule has 2 nitrogen and oxygen atoms in total. The summed E-state index contributed by atoms with van der Waals surface area (Å²) in [6.07, 6.45) is 4.42. The maximum atomic E-state index is 13.9. The SMILES string of the molecule is CC(CCO[Si](C)(C)C(C)(C)C)c1cc(F)cc2ccncc12. The highest BCUT2D eigenvalue weighted by Gasteiger charge is 2.36. The number of hydrogen-bond donors (Lipinski definition) is 0. The van der Waals surface area contributed by atoms with Gasteiger partial charge in [0.2, 0.25) is 0 Å². The summed E-state index contributed by atoms with van der Waals surface area (Å²) in [4.78, 5) is 4.19. The minimum Gasteiger partial charge on any atom is -0.417 e. The molecule has 0 aliphatic carbocycles. The molecule has 126 valence electrons. The van der Waals surface area contributed by atoms with Gasteiger partial charge in [-0.25, -0.2) is 4.39 Å². The summed E-state index contributed by atoms with van der Waals surface area (Å²) in [6, 6.07) is 5.07. The van der Waals surface area contributed by atoms with Crippen LogP contribution in [0.3, 0.4) is 0 Å². The molecular weight excluding hydrogens is 305 g/mol. The summed E-state index contributed by atoms with van der Waals surface area (Å²) >= 11 is 0. The maximum Gasteiger partial charge on any atom is 0.191 e. The molecule has 0 amide bonds. The molecule has 0 saturated heterocycles. The quantitative estimate of drug-likeness (QED) is 0.637. The van der Waals surface area contributed by atoms with Crippen LogP contribution in [-0.2, 0) is 4.43 Å². The Bertz CT molecular complexity index is 679. The number of fused-ring (bicyclic) bond motifs is 1. The number of aromatic nitrogens is 1. The zero-order valence-electron chi connectivity index (χ0n) is 15.1. The Hall–Kier alpha value is -1.26. The van der Waals surface area contributed by atoms with Crippen molar-refractivity contribution in [3.63, 3.8) is 0 Å². The molecule has 1 aromatic carbocycles. The number of nitrogens with zero attached hydrogens (tertiary/aromatic N) is 1. The van der Waals surface area contributed by atoms with Crippen molar-refractivity contribution >= 4 is 19.1 Å². The third kappa shape index (κ3) is 4.18. The summed E-state index contributed by atoms with van der Waals surface area (Å²) in [5.41, 5.74) is 1.02. The Labute approximate surface area is 140 Å². The largest absolute Gasteiger partial charge is 0.417 e. The highest BCUT2D eigenvalue weighted by molar-refractivity contribution is 6.74. The molecule has 0 bridgehead atoms. The molecule has 2 rings (SSSR count). The Kier molecular flexibility index (Phi) is 5.26. The van der Waals surface area contributed by atoms with Gasteiger partial charge in [0.25, 0.3) is 0 Å². The van der Waals surface area contributed by atoms with Gasteiger partial charge in [-0.05, 0) is 59.6 Å². The Morgan fingerprint density at radius 2 is 1.96 bits per heavy atom. The average molecular weight is 334 g/mol. The van der Waals surface area contributed by atoms with Gasteiger partial charge in [0.1, 0.15) is 5.82 Å². The van der Waals surface area contributed by atoms with Gasteiger partial charge in [-0.1, -0.05) is 27.7 Å². The molecule has 0 fully saturated rings. The van der Waals surface area contributed by atoms with Gasteiger partial charge < -0.3 is 4.43 Å². The zero-order valence-corrected chi connectivity index (χ0v) is 16.1. The van der Waals surface area contributed by atoms with Crippen molar-refractivity contribution in [1.29, 1.82) is 0 Å². The molecule has 0 radical (unpaired) electrons. The van der Waals surface area contributed by atoms with E-state index in [2.05, 4.69) is 45.8 Å². The first-order valence-corrected chi connectivity index (χ1v) is 11.2. The van der Waals surface area contributed by atoms with E-state index < -0.39 is 8.32 Å². The molecule has 0 N–H and O–H groups in total. The molecule has 0 aliphatic heterocycles. The third-order valence-electron chi connectivity index (χ3n) is 5.10. The second-order valence-electron chi connectivity index (χ2n) is 7.89. The van der Waals surface area contributed by atoms with E-state index in [9.17, 15) is 4.39 Å². The van der Waals surface area contributed by atoms with Crippen molar-refractivity contribution in [3.05, 3.63) is 42.0 Å². The highest BCUT2D eigenvalue weighted by Crippen LogP contribution is 2.37. The Balaban J connectivity index is 2.12. The first-order chi connectivity index (χ1) is 10.6. The molecule has 1 atom stereocenters. The van der Waals surface area contributed by atoms with Gasteiger partial charge in [0.15, 0.2) is 8.32 Å². The van der Waals surface area contributed by atoms with Gasteiger partial charge in [-0.3, -0.25) is 4.98 Å². The van der Waals surface area contributed by atoms with Crippen molar-refractivity contribution in [3.8, 4) is 0 Å². The molecule has 1 heterocycles. The molecule has 1 aromatic heterocycles. The molecule has 0 spiro atoms. The molecule has 0 saturated carbocycles. The van der Waals surface area contributed by atoms with E-state index in [4.69, 9.17) is 4.43 Å². The molecule has 1 unspecified atom stereocenters. The first kappa shape index (κ1) is 18.1. The van der Waals surface area contributed by atoms with Gasteiger partial charge in [-0.15, -0.1) is 0 Å². The van der Waals surface area contributed by atoms with E-state index in [1.807, 2.05) is 12.3 Å². The van der Waals surface area contributed by atoms with Crippen LogP contribution in [0.15, 0.2) is 30.6 Å². The lowest BCUT2D eigenvalue weighted by atomic mass is 9.93. The van der Waals surface area contributed by atoms with Gasteiger partial charge >= 0.3 is 0 Å². The molecular formula is C19H28FNOSi. The van der Waals surface area contributed by atoms with Crippen LogP contribution in [0.25, 0.3) is 10.8 Å². The van der Waals surface area contributed by atoms with Crippen LogP contribution in [0.5, 0.6) is 0 Å². The number of rotatable bonds is 5. The van der Waals surface area contributed by atoms with E-state index >= 15 is 0 Å². The number of hydrogen-bond acceptors (Lipinski definition) is 2.